The van der Waals surface area contributed by atoms with E-state index in [1.165, 1.54) is 0 Å². The van der Waals surface area contributed by atoms with E-state index < -0.39 is 0 Å². The van der Waals surface area contributed by atoms with E-state index in [0.717, 1.165) is 51.4 Å². The number of carbonyl (C=O) groups excluding carboxylic acids is 1. The molecule has 2 aliphatic rings. The maximum absolute atomic E-state index is 12.8. The third kappa shape index (κ3) is 2.90. The number of hydrogen-bond acceptors (Lipinski definition) is 5. The van der Waals surface area contributed by atoms with Crippen molar-refractivity contribution in [1.29, 1.82) is 5.26 Å². The molecule has 0 saturated carbocycles. The Morgan fingerprint density at radius 1 is 1.27 bits per heavy atom. The summed E-state index contributed by atoms with van der Waals surface area (Å²) in [6.07, 6.45) is 3.46. The number of rotatable bonds is 2. The number of pyridine rings is 1. The summed E-state index contributed by atoms with van der Waals surface area (Å²) in [5, 5.41) is 8.86. The van der Waals surface area contributed by atoms with E-state index in [1.54, 1.807) is 12.3 Å². The van der Waals surface area contributed by atoms with Gasteiger partial charge >= 0.3 is 0 Å². The average molecular weight is 299 g/mol. The summed E-state index contributed by atoms with van der Waals surface area (Å²) in [6, 6.07) is 5.57. The van der Waals surface area contributed by atoms with Crippen LogP contribution in [-0.2, 0) is 4.79 Å². The van der Waals surface area contributed by atoms with Crippen LogP contribution in [0, 0.1) is 11.3 Å². The molecule has 0 aliphatic carbocycles. The average Bonchev–Trinajstić information content (AvgIpc) is 3.04. The molecule has 0 radical (unpaired) electrons. The van der Waals surface area contributed by atoms with Crippen molar-refractivity contribution < 1.29 is 4.79 Å². The number of nitrogens with zero attached hydrogens (tertiary/aromatic N) is 5. The Kier molecular flexibility index (Phi) is 4.25. The maximum Gasteiger partial charge on any atom is 0.245 e. The third-order valence-corrected chi connectivity index (χ3v) is 4.52. The minimum Gasteiger partial charge on any atom is -0.345 e. The normalized spacial score (nSPS) is 22.6. The number of nitriles is 1. The summed E-state index contributed by atoms with van der Waals surface area (Å²) in [6.45, 7) is 4.34. The van der Waals surface area contributed by atoms with Gasteiger partial charge in [-0.05, 0) is 32.0 Å². The molecule has 0 bridgehead atoms. The quantitative estimate of drug-likeness (QED) is 0.804. The van der Waals surface area contributed by atoms with Gasteiger partial charge in [0.1, 0.15) is 17.9 Å². The highest BCUT2D eigenvalue weighted by Crippen LogP contribution is 2.25. The summed E-state index contributed by atoms with van der Waals surface area (Å²) in [5.74, 6) is 1.01. The zero-order valence-corrected chi connectivity index (χ0v) is 12.9. The van der Waals surface area contributed by atoms with E-state index in [2.05, 4.69) is 27.9 Å². The van der Waals surface area contributed by atoms with Gasteiger partial charge in [-0.2, -0.15) is 5.26 Å². The van der Waals surface area contributed by atoms with Crippen molar-refractivity contribution in [3.63, 3.8) is 0 Å². The van der Waals surface area contributed by atoms with E-state index in [-0.39, 0.29) is 11.9 Å². The van der Waals surface area contributed by atoms with Crippen molar-refractivity contribution in [1.82, 2.24) is 14.8 Å². The van der Waals surface area contributed by atoms with Gasteiger partial charge in [0.2, 0.25) is 5.91 Å². The van der Waals surface area contributed by atoms with Gasteiger partial charge in [0.15, 0.2) is 0 Å². The van der Waals surface area contributed by atoms with Crippen LogP contribution in [0.25, 0.3) is 0 Å². The highest BCUT2D eigenvalue weighted by Gasteiger charge is 2.35. The fraction of sp³-hybridized carbons (Fsp3) is 0.562. The Morgan fingerprint density at radius 2 is 2.05 bits per heavy atom. The molecule has 1 aromatic heterocycles. The number of likely N-dealkylation sites (N-methyl/N-ethyl adjacent to an activating group) is 1. The molecule has 0 N–H and O–H groups in total. The molecule has 0 spiro atoms. The Balaban J connectivity index is 1.72. The molecule has 1 atom stereocenters. The Hall–Kier alpha value is -2.13. The highest BCUT2D eigenvalue weighted by atomic mass is 16.2. The first-order valence-corrected chi connectivity index (χ1v) is 7.79. The van der Waals surface area contributed by atoms with Crippen molar-refractivity contribution >= 4 is 11.7 Å². The second kappa shape index (κ2) is 6.32. The summed E-state index contributed by atoms with van der Waals surface area (Å²) in [5.41, 5.74) is 0.546. The van der Waals surface area contributed by atoms with Crippen LogP contribution in [0.1, 0.15) is 18.4 Å². The van der Waals surface area contributed by atoms with Gasteiger partial charge in [-0.3, -0.25) is 4.79 Å². The van der Waals surface area contributed by atoms with Crippen molar-refractivity contribution in [3.05, 3.63) is 23.9 Å². The molecule has 2 saturated heterocycles. The van der Waals surface area contributed by atoms with Gasteiger partial charge < -0.3 is 14.7 Å². The third-order valence-electron chi connectivity index (χ3n) is 4.52. The summed E-state index contributed by atoms with van der Waals surface area (Å²) in [7, 11) is 2.09. The van der Waals surface area contributed by atoms with Crippen LogP contribution < -0.4 is 4.90 Å². The number of hydrogen-bond donors (Lipinski definition) is 0. The second-order valence-electron chi connectivity index (χ2n) is 6.00. The van der Waals surface area contributed by atoms with Gasteiger partial charge in [0.25, 0.3) is 0 Å². The first kappa shape index (κ1) is 14.8. The molecule has 1 amide bonds. The Bertz CT molecular complexity index is 571. The number of aromatic nitrogens is 1. The maximum atomic E-state index is 12.8. The lowest BCUT2D eigenvalue weighted by Gasteiger charge is -2.36. The molecule has 2 fully saturated rings. The van der Waals surface area contributed by atoms with Crippen molar-refractivity contribution in [2.75, 3.05) is 44.7 Å². The van der Waals surface area contributed by atoms with Gasteiger partial charge in [0, 0.05) is 38.9 Å². The fourth-order valence-electron chi connectivity index (χ4n) is 3.16. The smallest absolute Gasteiger partial charge is 0.245 e. The van der Waals surface area contributed by atoms with Crippen molar-refractivity contribution in [3.8, 4) is 6.07 Å². The second-order valence-corrected chi connectivity index (χ2v) is 6.00. The van der Waals surface area contributed by atoms with E-state index in [0.29, 0.717) is 5.56 Å². The number of piperazine rings is 1. The Morgan fingerprint density at radius 3 is 2.68 bits per heavy atom. The molecule has 3 heterocycles. The standard InChI is InChI=1S/C16H21N5O/c1-19-7-9-20(10-8-19)16(22)14-3-2-6-21(14)15-5-4-13(11-17)12-18-15/h4-5,12,14H,2-3,6-10H2,1H3. The van der Waals surface area contributed by atoms with Crippen LogP contribution in [0.5, 0.6) is 0 Å². The first-order chi connectivity index (χ1) is 10.7. The topological polar surface area (TPSA) is 63.5 Å². The molecule has 2 aliphatic heterocycles. The van der Waals surface area contributed by atoms with Crippen molar-refractivity contribution in [2.45, 2.75) is 18.9 Å². The minimum atomic E-state index is -0.108. The molecule has 3 rings (SSSR count). The molecule has 22 heavy (non-hydrogen) atoms. The number of amides is 1. The molecule has 1 aromatic rings. The van der Waals surface area contributed by atoms with Crippen LogP contribution >= 0.6 is 0 Å². The molecular formula is C16H21N5O. The van der Waals surface area contributed by atoms with Crippen LogP contribution in [-0.4, -0.2) is 66.5 Å². The summed E-state index contributed by atoms with van der Waals surface area (Å²) >= 11 is 0. The van der Waals surface area contributed by atoms with Gasteiger partial charge in [0.05, 0.1) is 5.56 Å². The predicted octanol–water partition coefficient (Wildman–Crippen LogP) is 0.696. The molecular weight excluding hydrogens is 278 g/mol. The molecule has 0 aromatic carbocycles. The summed E-state index contributed by atoms with van der Waals surface area (Å²) in [4.78, 5) is 23.5. The zero-order chi connectivity index (χ0) is 15.5. The Labute approximate surface area is 130 Å². The lowest BCUT2D eigenvalue weighted by atomic mass is 10.1. The van der Waals surface area contributed by atoms with E-state index >= 15 is 0 Å². The lowest BCUT2D eigenvalue weighted by molar-refractivity contribution is -0.134. The van der Waals surface area contributed by atoms with Crippen LogP contribution in [0.2, 0.25) is 0 Å². The number of anilines is 1. The van der Waals surface area contributed by atoms with E-state index in [9.17, 15) is 4.79 Å². The van der Waals surface area contributed by atoms with Crippen LogP contribution in [0.4, 0.5) is 5.82 Å². The fourth-order valence-corrected chi connectivity index (χ4v) is 3.16. The van der Waals surface area contributed by atoms with Crippen LogP contribution in [0.3, 0.4) is 0 Å². The first-order valence-electron chi connectivity index (χ1n) is 7.79. The monoisotopic (exact) mass is 299 g/mol. The van der Waals surface area contributed by atoms with Gasteiger partial charge in [-0.25, -0.2) is 4.98 Å². The minimum absolute atomic E-state index is 0.108. The highest BCUT2D eigenvalue weighted by molar-refractivity contribution is 5.85. The zero-order valence-electron chi connectivity index (χ0n) is 12.9. The van der Waals surface area contributed by atoms with E-state index in [4.69, 9.17) is 5.26 Å². The molecule has 6 nitrogen and oxygen atoms in total. The molecule has 116 valence electrons. The van der Waals surface area contributed by atoms with Gasteiger partial charge in [-0.15, -0.1) is 0 Å². The molecule has 1 unspecified atom stereocenters. The lowest BCUT2D eigenvalue weighted by Crippen LogP contribution is -2.53. The van der Waals surface area contributed by atoms with E-state index in [1.807, 2.05) is 11.0 Å². The predicted molar refractivity (Wildman–Crippen MR) is 83.4 cm³/mol. The SMILES string of the molecule is CN1CCN(C(=O)C2CCCN2c2ccc(C#N)cn2)CC1. The largest absolute Gasteiger partial charge is 0.345 e. The van der Waals surface area contributed by atoms with Crippen molar-refractivity contribution in [2.24, 2.45) is 0 Å². The van der Waals surface area contributed by atoms with Crippen LogP contribution in [0.15, 0.2) is 18.3 Å². The van der Waals surface area contributed by atoms with Gasteiger partial charge in [-0.1, -0.05) is 0 Å². The summed E-state index contributed by atoms with van der Waals surface area (Å²) < 4.78 is 0. The number of carbonyl (C=O) groups is 1. The molecule has 6 heteroatoms.